The summed E-state index contributed by atoms with van der Waals surface area (Å²) in [6, 6.07) is 4.43. The molecule has 0 aromatic heterocycles. The Kier molecular flexibility index (Phi) is 3.55. The van der Waals surface area contributed by atoms with Gasteiger partial charge < -0.3 is 15.1 Å². The standard InChI is InChI=1S/C16H21NO3/c18-13-6-3-7-14(19)15(13)16(20)17-9-8-11-4-1-2-5-12(11)10-17/h3,6-7,11-12,18-19H,1-2,4-5,8-10H2. The van der Waals surface area contributed by atoms with Crippen molar-refractivity contribution in [3.63, 3.8) is 0 Å². The van der Waals surface area contributed by atoms with E-state index in [4.69, 9.17) is 0 Å². The largest absolute Gasteiger partial charge is 0.507 e. The van der Waals surface area contributed by atoms with Crippen molar-refractivity contribution in [3.05, 3.63) is 23.8 Å². The lowest BCUT2D eigenvalue weighted by Gasteiger charge is -2.41. The molecule has 2 aliphatic rings. The third kappa shape index (κ3) is 2.35. The van der Waals surface area contributed by atoms with Gasteiger partial charge in [0, 0.05) is 13.1 Å². The zero-order chi connectivity index (χ0) is 14.1. The monoisotopic (exact) mass is 275 g/mol. The lowest BCUT2D eigenvalue weighted by molar-refractivity contribution is 0.0515. The number of phenols is 2. The number of hydrogen-bond donors (Lipinski definition) is 2. The molecule has 0 spiro atoms. The van der Waals surface area contributed by atoms with Gasteiger partial charge in [0.1, 0.15) is 17.1 Å². The van der Waals surface area contributed by atoms with E-state index in [9.17, 15) is 15.0 Å². The minimum absolute atomic E-state index is 0.0433. The molecule has 2 atom stereocenters. The molecule has 1 heterocycles. The van der Waals surface area contributed by atoms with E-state index < -0.39 is 0 Å². The van der Waals surface area contributed by atoms with E-state index in [1.807, 2.05) is 0 Å². The molecule has 2 N–H and O–H groups in total. The van der Waals surface area contributed by atoms with Gasteiger partial charge in [0.15, 0.2) is 0 Å². The molecule has 1 saturated heterocycles. The van der Waals surface area contributed by atoms with Gasteiger partial charge in [-0.15, -0.1) is 0 Å². The van der Waals surface area contributed by atoms with Crippen LogP contribution in [0.5, 0.6) is 11.5 Å². The maximum atomic E-state index is 12.5. The van der Waals surface area contributed by atoms with Crippen molar-refractivity contribution in [2.45, 2.75) is 32.1 Å². The number of hydrogen-bond acceptors (Lipinski definition) is 3. The Bertz CT molecular complexity index is 494. The molecular formula is C16H21NO3. The first-order valence-electron chi connectivity index (χ1n) is 7.47. The van der Waals surface area contributed by atoms with Crippen LogP contribution in [0, 0.1) is 11.8 Å². The lowest BCUT2D eigenvalue weighted by atomic mass is 9.75. The van der Waals surface area contributed by atoms with Gasteiger partial charge in [-0.1, -0.05) is 25.3 Å². The van der Waals surface area contributed by atoms with Crippen LogP contribution >= 0.6 is 0 Å². The van der Waals surface area contributed by atoms with Crippen LogP contribution in [0.1, 0.15) is 42.5 Å². The topological polar surface area (TPSA) is 60.8 Å². The van der Waals surface area contributed by atoms with E-state index >= 15 is 0 Å². The highest BCUT2D eigenvalue weighted by atomic mass is 16.3. The summed E-state index contributed by atoms with van der Waals surface area (Å²) in [7, 11) is 0. The van der Waals surface area contributed by atoms with Gasteiger partial charge in [-0.25, -0.2) is 0 Å². The van der Waals surface area contributed by atoms with Crippen LogP contribution in [0.15, 0.2) is 18.2 Å². The molecule has 108 valence electrons. The maximum Gasteiger partial charge on any atom is 0.261 e. The molecule has 3 rings (SSSR count). The number of carbonyl (C=O) groups excluding carboxylic acids is 1. The number of aromatic hydroxyl groups is 2. The smallest absolute Gasteiger partial charge is 0.261 e. The quantitative estimate of drug-likeness (QED) is 0.828. The Hall–Kier alpha value is -1.71. The van der Waals surface area contributed by atoms with E-state index in [1.54, 1.807) is 4.90 Å². The summed E-state index contributed by atoms with van der Waals surface area (Å²) in [5.41, 5.74) is 0.0433. The van der Waals surface area contributed by atoms with E-state index in [0.717, 1.165) is 25.4 Å². The van der Waals surface area contributed by atoms with Crippen molar-refractivity contribution in [1.29, 1.82) is 0 Å². The van der Waals surface area contributed by atoms with Crippen LogP contribution in [0.4, 0.5) is 0 Å². The van der Waals surface area contributed by atoms with Gasteiger partial charge in [0.05, 0.1) is 0 Å². The second-order valence-corrected chi connectivity index (χ2v) is 6.02. The summed E-state index contributed by atoms with van der Waals surface area (Å²) < 4.78 is 0. The summed E-state index contributed by atoms with van der Waals surface area (Å²) in [6.07, 6.45) is 6.10. The molecule has 4 heteroatoms. The van der Waals surface area contributed by atoms with Crippen LogP contribution in [-0.2, 0) is 0 Å². The van der Waals surface area contributed by atoms with Crippen LogP contribution in [0.2, 0.25) is 0 Å². The SMILES string of the molecule is O=C(c1c(O)cccc1O)N1CCC2CCCCC2C1. The molecule has 1 aliphatic carbocycles. The Morgan fingerprint density at radius 3 is 2.40 bits per heavy atom. The van der Waals surface area contributed by atoms with Gasteiger partial charge >= 0.3 is 0 Å². The molecule has 1 saturated carbocycles. The fraction of sp³-hybridized carbons (Fsp3) is 0.562. The number of amides is 1. The third-order valence-electron chi connectivity index (χ3n) is 4.81. The first-order valence-corrected chi connectivity index (χ1v) is 7.47. The van der Waals surface area contributed by atoms with Gasteiger partial charge in [0.25, 0.3) is 5.91 Å². The number of benzene rings is 1. The minimum atomic E-state index is -0.246. The van der Waals surface area contributed by atoms with Crippen molar-refractivity contribution in [1.82, 2.24) is 4.90 Å². The average molecular weight is 275 g/mol. The van der Waals surface area contributed by atoms with E-state index in [0.29, 0.717) is 5.92 Å². The van der Waals surface area contributed by atoms with Crippen molar-refractivity contribution >= 4 is 5.91 Å². The number of phenolic OH excluding ortho intramolecular Hbond substituents is 2. The third-order valence-corrected chi connectivity index (χ3v) is 4.81. The number of piperidine rings is 1. The van der Waals surface area contributed by atoms with Gasteiger partial charge in [-0.3, -0.25) is 4.79 Å². The fourth-order valence-corrected chi connectivity index (χ4v) is 3.69. The number of carbonyl (C=O) groups is 1. The van der Waals surface area contributed by atoms with Gasteiger partial charge in [-0.2, -0.15) is 0 Å². The Morgan fingerprint density at radius 1 is 1.05 bits per heavy atom. The Balaban J connectivity index is 1.78. The lowest BCUT2D eigenvalue weighted by Crippen LogP contribution is -2.44. The maximum absolute atomic E-state index is 12.5. The summed E-state index contributed by atoms with van der Waals surface area (Å²) >= 11 is 0. The Morgan fingerprint density at radius 2 is 1.70 bits per heavy atom. The minimum Gasteiger partial charge on any atom is -0.507 e. The van der Waals surface area contributed by atoms with E-state index in [1.165, 1.54) is 43.9 Å². The van der Waals surface area contributed by atoms with Crippen molar-refractivity contribution in [2.24, 2.45) is 11.8 Å². The summed E-state index contributed by atoms with van der Waals surface area (Å²) in [5, 5.41) is 19.6. The molecular weight excluding hydrogens is 254 g/mol. The first-order chi connectivity index (χ1) is 9.66. The predicted molar refractivity (Wildman–Crippen MR) is 75.7 cm³/mol. The van der Waals surface area contributed by atoms with Crippen LogP contribution in [0.25, 0.3) is 0 Å². The molecule has 1 aliphatic heterocycles. The molecule has 1 aromatic rings. The van der Waals surface area contributed by atoms with Crippen molar-refractivity contribution < 1.29 is 15.0 Å². The van der Waals surface area contributed by atoms with Gasteiger partial charge in [0.2, 0.25) is 0 Å². The highest BCUT2D eigenvalue weighted by Crippen LogP contribution is 2.37. The van der Waals surface area contributed by atoms with Crippen LogP contribution < -0.4 is 0 Å². The highest BCUT2D eigenvalue weighted by molar-refractivity contribution is 5.99. The molecule has 2 unspecified atom stereocenters. The summed E-state index contributed by atoms with van der Waals surface area (Å²) in [6.45, 7) is 1.49. The van der Waals surface area contributed by atoms with Gasteiger partial charge in [-0.05, 0) is 36.8 Å². The van der Waals surface area contributed by atoms with E-state index in [-0.39, 0.29) is 23.0 Å². The number of fused-ring (bicyclic) bond motifs is 1. The number of rotatable bonds is 1. The zero-order valence-electron chi connectivity index (χ0n) is 11.6. The second kappa shape index (κ2) is 5.35. The molecule has 2 fully saturated rings. The highest BCUT2D eigenvalue weighted by Gasteiger charge is 2.34. The summed E-state index contributed by atoms with van der Waals surface area (Å²) in [5.74, 6) is 0.825. The molecule has 20 heavy (non-hydrogen) atoms. The molecule has 1 amide bonds. The average Bonchev–Trinajstić information content (AvgIpc) is 2.46. The van der Waals surface area contributed by atoms with Crippen LogP contribution in [0.3, 0.4) is 0 Å². The molecule has 4 nitrogen and oxygen atoms in total. The Labute approximate surface area is 119 Å². The van der Waals surface area contributed by atoms with E-state index in [2.05, 4.69) is 0 Å². The number of nitrogens with zero attached hydrogens (tertiary/aromatic N) is 1. The summed E-state index contributed by atoms with van der Waals surface area (Å²) in [4.78, 5) is 14.3. The predicted octanol–water partition coefficient (Wildman–Crippen LogP) is 2.75. The van der Waals surface area contributed by atoms with Crippen molar-refractivity contribution in [2.75, 3.05) is 13.1 Å². The normalized spacial score (nSPS) is 26.1. The van der Waals surface area contributed by atoms with Crippen molar-refractivity contribution in [3.8, 4) is 11.5 Å². The fourth-order valence-electron chi connectivity index (χ4n) is 3.69. The zero-order valence-corrected chi connectivity index (χ0v) is 11.6. The molecule has 0 bridgehead atoms. The van der Waals surface area contributed by atoms with Crippen LogP contribution in [-0.4, -0.2) is 34.1 Å². The first kappa shape index (κ1) is 13.3. The molecule has 0 radical (unpaired) electrons. The number of likely N-dealkylation sites (tertiary alicyclic amines) is 1. The second-order valence-electron chi connectivity index (χ2n) is 6.02. The molecule has 1 aromatic carbocycles.